The van der Waals surface area contributed by atoms with Crippen LogP contribution in [0.3, 0.4) is 0 Å². The third-order valence-corrected chi connectivity index (χ3v) is 3.76. The van der Waals surface area contributed by atoms with E-state index in [4.69, 9.17) is 0 Å². The lowest BCUT2D eigenvalue weighted by molar-refractivity contribution is 0.112. The van der Waals surface area contributed by atoms with Gasteiger partial charge in [-0.1, -0.05) is 31.4 Å². The quantitative estimate of drug-likeness (QED) is 0.800. The SMILES string of the molecule is O=Cc1ccc2c(C3CCCCC3)[nH]nc2c1. The molecule has 1 aromatic heterocycles. The molecule has 1 aliphatic carbocycles. The number of aromatic amines is 1. The van der Waals surface area contributed by atoms with Crippen molar-refractivity contribution in [1.29, 1.82) is 0 Å². The second-order valence-electron chi connectivity index (χ2n) is 4.87. The highest BCUT2D eigenvalue weighted by atomic mass is 16.1. The molecule has 0 amide bonds. The molecule has 1 aliphatic rings. The number of carbonyl (C=O) groups excluding carboxylic acids is 1. The minimum absolute atomic E-state index is 0.621. The summed E-state index contributed by atoms with van der Waals surface area (Å²) in [5.74, 6) is 0.621. The van der Waals surface area contributed by atoms with Crippen LogP contribution < -0.4 is 0 Å². The van der Waals surface area contributed by atoms with Crippen molar-refractivity contribution >= 4 is 17.2 Å². The molecule has 17 heavy (non-hydrogen) atoms. The minimum atomic E-state index is 0.621. The number of aldehydes is 1. The van der Waals surface area contributed by atoms with Gasteiger partial charge >= 0.3 is 0 Å². The Morgan fingerprint density at radius 3 is 2.82 bits per heavy atom. The first-order valence-corrected chi connectivity index (χ1v) is 6.31. The van der Waals surface area contributed by atoms with Crippen LogP contribution in [0.25, 0.3) is 10.9 Å². The topological polar surface area (TPSA) is 45.8 Å². The molecule has 0 unspecified atom stereocenters. The monoisotopic (exact) mass is 228 g/mol. The molecule has 1 aromatic carbocycles. The van der Waals surface area contributed by atoms with Crippen LogP contribution in [0.5, 0.6) is 0 Å². The lowest BCUT2D eigenvalue weighted by Crippen LogP contribution is -2.05. The van der Waals surface area contributed by atoms with Crippen molar-refractivity contribution in [1.82, 2.24) is 10.2 Å². The van der Waals surface area contributed by atoms with Crippen molar-refractivity contribution in [3.05, 3.63) is 29.5 Å². The largest absolute Gasteiger partial charge is 0.298 e. The third kappa shape index (κ3) is 1.86. The van der Waals surface area contributed by atoms with E-state index in [2.05, 4.69) is 10.2 Å². The van der Waals surface area contributed by atoms with Crippen LogP contribution in [0, 0.1) is 0 Å². The lowest BCUT2D eigenvalue weighted by atomic mass is 9.86. The van der Waals surface area contributed by atoms with Crippen LogP contribution in [0.1, 0.15) is 54.1 Å². The Kier molecular flexibility index (Phi) is 2.67. The fraction of sp³-hybridized carbons (Fsp3) is 0.429. The molecule has 1 N–H and O–H groups in total. The summed E-state index contributed by atoms with van der Waals surface area (Å²) < 4.78 is 0. The number of carbonyl (C=O) groups is 1. The molecule has 3 heteroatoms. The standard InChI is InChI=1S/C14H16N2O/c17-9-10-6-7-12-13(8-10)15-16-14(12)11-4-2-1-3-5-11/h6-9,11H,1-5H2,(H,15,16). The molecule has 0 aliphatic heterocycles. The Bertz CT molecular complexity index is 538. The first-order valence-electron chi connectivity index (χ1n) is 6.31. The van der Waals surface area contributed by atoms with E-state index in [1.165, 1.54) is 43.2 Å². The zero-order valence-electron chi connectivity index (χ0n) is 9.78. The van der Waals surface area contributed by atoms with Crippen molar-refractivity contribution in [2.75, 3.05) is 0 Å². The van der Waals surface area contributed by atoms with Crippen LogP contribution in [0.15, 0.2) is 18.2 Å². The van der Waals surface area contributed by atoms with Crippen molar-refractivity contribution in [2.24, 2.45) is 0 Å². The Hall–Kier alpha value is -1.64. The molecule has 0 saturated heterocycles. The predicted molar refractivity (Wildman–Crippen MR) is 67.3 cm³/mol. The number of aromatic nitrogens is 2. The number of nitrogens with one attached hydrogen (secondary N) is 1. The number of fused-ring (bicyclic) bond motifs is 1. The van der Waals surface area contributed by atoms with Gasteiger partial charge in [0.05, 0.1) is 5.52 Å². The van der Waals surface area contributed by atoms with Crippen LogP contribution in [0.2, 0.25) is 0 Å². The van der Waals surface area contributed by atoms with Gasteiger partial charge in [-0.05, 0) is 18.9 Å². The Morgan fingerprint density at radius 2 is 2.06 bits per heavy atom. The maximum atomic E-state index is 10.7. The number of hydrogen-bond donors (Lipinski definition) is 1. The van der Waals surface area contributed by atoms with E-state index in [0.717, 1.165) is 11.8 Å². The molecule has 2 aromatic rings. The zero-order valence-corrected chi connectivity index (χ0v) is 9.78. The summed E-state index contributed by atoms with van der Waals surface area (Å²) in [6, 6.07) is 5.74. The van der Waals surface area contributed by atoms with Crippen molar-refractivity contribution in [3.8, 4) is 0 Å². The summed E-state index contributed by atoms with van der Waals surface area (Å²) in [5, 5.41) is 8.67. The summed E-state index contributed by atoms with van der Waals surface area (Å²) in [5.41, 5.74) is 2.87. The number of rotatable bonds is 2. The van der Waals surface area contributed by atoms with Gasteiger partial charge < -0.3 is 0 Å². The van der Waals surface area contributed by atoms with Gasteiger partial charge in [-0.3, -0.25) is 9.89 Å². The molecular weight excluding hydrogens is 212 g/mol. The zero-order chi connectivity index (χ0) is 11.7. The summed E-state index contributed by atoms with van der Waals surface area (Å²) in [4.78, 5) is 10.7. The van der Waals surface area contributed by atoms with E-state index in [0.29, 0.717) is 11.5 Å². The fourth-order valence-corrected chi connectivity index (χ4v) is 2.83. The summed E-state index contributed by atoms with van der Waals surface area (Å²) in [6.07, 6.45) is 7.38. The second-order valence-corrected chi connectivity index (χ2v) is 4.87. The molecule has 88 valence electrons. The molecule has 3 rings (SSSR count). The van der Waals surface area contributed by atoms with Gasteiger partial charge in [0.1, 0.15) is 6.29 Å². The predicted octanol–water partition coefficient (Wildman–Crippen LogP) is 3.42. The van der Waals surface area contributed by atoms with Crippen molar-refractivity contribution in [2.45, 2.75) is 38.0 Å². The highest BCUT2D eigenvalue weighted by Gasteiger charge is 2.19. The van der Waals surface area contributed by atoms with E-state index in [-0.39, 0.29) is 0 Å². The molecule has 0 radical (unpaired) electrons. The summed E-state index contributed by atoms with van der Waals surface area (Å²) >= 11 is 0. The maximum absolute atomic E-state index is 10.7. The minimum Gasteiger partial charge on any atom is -0.298 e. The smallest absolute Gasteiger partial charge is 0.150 e. The maximum Gasteiger partial charge on any atom is 0.150 e. The second kappa shape index (κ2) is 4.32. The van der Waals surface area contributed by atoms with Crippen LogP contribution in [-0.2, 0) is 0 Å². The Labute approximate surface area is 100 Å². The van der Waals surface area contributed by atoms with Gasteiger partial charge in [-0.25, -0.2) is 0 Å². The number of H-pyrrole nitrogens is 1. The normalized spacial score (nSPS) is 17.4. The molecule has 1 fully saturated rings. The van der Waals surface area contributed by atoms with E-state index in [1.54, 1.807) is 0 Å². The first kappa shape index (κ1) is 10.5. The highest BCUT2D eigenvalue weighted by molar-refractivity contribution is 5.88. The number of nitrogens with zero attached hydrogens (tertiary/aromatic N) is 1. The highest BCUT2D eigenvalue weighted by Crippen LogP contribution is 2.34. The molecule has 0 atom stereocenters. The number of benzene rings is 1. The van der Waals surface area contributed by atoms with Gasteiger partial charge in [-0.15, -0.1) is 0 Å². The van der Waals surface area contributed by atoms with Gasteiger partial charge in [0, 0.05) is 22.6 Å². The Balaban J connectivity index is 2.02. The van der Waals surface area contributed by atoms with Crippen molar-refractivity contribution in [3.63, 3.8) is 0 Å². The van der Waals surface area contributed by atoms with Crippen LogP contribution >= 0.6 is 0 Å². The third-order valence-electron chi connectivity index (χ3n) is 3.76. The van der Waals surface area contributed by atoms with E-state index >= 15 is 0 Å². The molecule has 0 spiro atoms. The van der Waals surface area contributed by atoms with Gasteiger partial charge in [0.25, 0.3) is 0 Å². The molecule has 1 heterocycles. The number of hydrogen-bond acceptors (Lipinski definition) is 2. The summed E-state index contributed by atoms with van der Waals surface area (Å²) in [6.45, 7) is 0. The fourth-order valence-electron chi connectivity index (χ4n) is 2.83. The van der Waals surface area contributed by atoms with E-state index in [1.807, 2.05) is 18.2 Å². The lowest BCUT2D eigenvalue weighted by Gasteiger charge is -2.20. The van der Waals surface area contributed by atoms with E-state index < -0.39 is 0 Å². The van der Waals surface area contributed by atoms with Crippen molar-refractivity contribution < 1.29 is 4.79 Å². The Morgan fingerprint density at radius 1 is 1.24 bits per heavy atom. The van der Waals surface area contributed by atoms with Crippen LogP contribution in [-0.4, -0.2) is 16.5 Å². The van der Waals surface area contributed by atoms with Gasteiger partial charge in [-0.2, -0.15) is 5.10 Å². The first-order chi connectivity index (χ1) is 8.38. The van der Waals surface area contributed by atoms with E-state index in [9.17, 15) is 4.79 Å². The average molecular weight is 228 g/mol. The average Bonchev–Trinajstić information content (AvgIpc) is 2.82. The summed E-state index contributed by atoms with van der Waals surface area (Å²) in [7, 11) is 0. The molecular formula is C14H16N2O. The molecule has 0 bridgehead atoms. The van der Waals surface area contributed by atoms with Gasteiger partial charge in [0.15, 0.2) is 0 Å². The van der Waals surface area contributed by atoms with Gasteiger partial charge in [0.2, 0.25) is 0 Å². The molecule has 1 saturated carbocycles. The van der Waals surface area contributed by atoms with Crippen LogP contribution in [0.4, 0.5) is 0 Å². The molecule has 3 nitrogen and oxygen atoms in total.